The highest BCUT2D eigenvalue weighted by Crippen LogP contribution is 2.55. The summed E-state index contributed by atoms with van der Waals surface area (Å²) >= 11 is 3.38. The van der Waals surface area contributed by atoms with Crippen molar-refractivity contribution in [3.63, 3.8) is 0 Å². The molecule has 4 atom stereocenters. The Morgan fingerprint density at radius 1 is 1.17 bits per heavy atom. The zero-order chi connectivity index (χ0) is 16.5. The summed E-state index contributed by atoms with van der Waals surface area (Å²) in [6.45, 7) is 0.923. The highest BCUT2D eigenvalue weighted by Gasteiger charge is 2.71. The Morgan fingerprint density at radius 3 is 2.71 bits per heavy atom. The predicted molar refractivity (Wildman–Crippen MR) is 86.1 cm³/mol. The van der Waals surface area contributed by atoms with Gasteiger partial charge in [-0.3, -0.25) is 9.59 Å². The highest BCUT2D eigenvalue weighted by molar-refractivity contribution is 9.10. The molecule has 4 aliphatic rings. The van der Waals surface area contributed by atoms with Gasteiger partial charge in [-0.15, -0.1) is 0 Å². The zero-order valence-corrected chi connectivity index (χ0v) is 14.1. The van der Waals surface area contributed by atoms with Gasteiger partial charge in [0, 0.05) is 4.47 Å². The van der Waals surface area contributed by atoms with Crippen LogP contribution in [0, 0.1) is 11.8 Å². The van der Waals surface area contributed by atoms with E-state index in [0.717, 1.165) is 4.47 Å². The predicted octanol–water partition coefficient (Wildman–Crippen LogP) is 1.64. The smallest absolute Gasteiger partial charge is 0.241 e. The summed E-state index contributed by atoms with van der Waals surface area (Å²) in [5.41, 5.74) is -0.434. The lowest BCUT2D eigenvalue weighted by Crippen LogP contribution is -2.49. The molecule has 0 N–H and O–H groups in total. The fourth-order valence-corrected chi connectivity index (χ4v) is 4.58. The molecule has 0 saturated carbocycles. The Kier molecular flexibility index (Phi) is 3.07. The van der Waals surface area contributed by atoms with E-state index >= 15 is 0 Å². The molecule has 0 unspecified atom stereocenters. The minimum Gasteiger partial charge on any atom is -0.357 e. The van der Waals surface area contributed by atoms with Gasteiger partial charge in [0.1, 0.15) is 0 Å². The largest absolute Gasteiger partial charge is 0.357 e. The first kappa shape index (κ1) is 14.8. The van der Waals surface area contributed by atoms with Gasteiger partial charge in [-0.25, -0.2) is 4.90 Å². The molecule has 2 bridgehead atoms. The number of halogens is 1. The number of hydrogen-bond acceptors (Lipinski definition) is 5. The second kappa shape index (κ2) is 4.98. The summed E-state index contributed by atoms with van der Waals surface area (Å²) in [6, 6.07) is 7.18. The second-order valence-electron chi connectivity index (χ2n) is 6.36. The number of hydrogen-bond donors (Lipinski definition) is 0. The van der Waals surface area contributed by atoms with Crippen LogP contribution in [0.2, 0.25) is 0 Å². The van der Waals surface area contributed by atoms with Crippen molar-refractivity contribution in [2.45, 2.75) is 18.0 Å². The van der Waals surface area contributed by atoms with E-state index in [1.165, 1.54) is 4.90 Å². The molecule has 1 aromatic carbocycles. The maximum Gasteiger partial charge on any atom is 0.241 e. The number of ether oxygens (including phenoxy) is 3. The Balaban J connectivity index is 1.57. The Labute approximate surface area is 146 Å². The lowest BCUT2D eigenvalue weighted by Gasteiger charge is -2.32. The van der Waals surface area contributed by atoms with Crippen LogP contribution in [0.5, 0.6) is 0 Å². The average molecular weight is 392 g/mol. The van der Waals surface area contributed by atoms with Crippen LogP contribution in [0.3, 0.4) is 0 Å². The van der Waals surface area contributed by atoms with Crippen LogP contribution < -0.4 is 4.90 Å². The van der Waals surface area contributed by atoms with E-state index in [2.05, 4.69) is 15.9 Å². The average Bonchev–Trinajstić information content (AvgIpc) is 3.31. The molecule has 0 radical (unpaired) electrons. The van der Waals surface area contributed by atoms with Crippen LogP contribution in [0.4, 0.5) is 5.69 Å². The van der Waals surface area contributed by atoms with E-state index < -0.39 is 29.8 Å². The molecule has 6 nitrogen and oxygen atoms in total. The fourth-order valence-electron chi connectivity index (χ4n) is 4.20. The minimum atomic E-state index is -1.00. The molecule has 4 aliphatic heterocycles. The second-order valence-corrected chi connectivity index (χ2v) is 7.28. The first-order valence-electron chi connectivity index (χ1n) is 7.85. The molecular formula is C17H14BrNO5. The van der Waals surface area contributed by atoms with Gasteiger partial charge in [0.2, 0.25) is 11.8 Å². The van der Waals surface area contributed by atoms with Gasteiger partial charge in [-0.1, -0.05) is 28.1 Å². The van der Waals surface area contributed by atoms with Gasteiger partial charge in [-0.05, 0) is 24.3 Å². The van der Waals surface area contributed by atoms with Crippen molar-refractivity contribution in [2.75, 3.05) is 18.1 Å². The molecule has 2 amide bonds. The van der Waals surface area contributed by atoms with Gasteiger partial charge >= 0.3 is 0 Å². The number of fused-ring (bicyclic) bond motifs is 5. The van der Waals surface area contributed by atoms with E-state index in [1.54, 1.807) is 18.2 Å². The third kappa shape index (κ3) is 1.75. The Hall–Kier alpha value is -1.54. The van der Waals surface area contributed by atoms with Crippen molar-refractivity contribution in [2.24, 2.45) is 11.8 Å². The number of nitrogens with zero attached hydrogens (tertiary/aromatic N) is 1. The number of carbonyl (C=O) groups excluding carboxylic acids is 2. The molecule has 5 rings (SSSR count). The van der Waals surface area contributed by atoms with E-state index in [-0.39, 0.29) is 11.8 Å². The summed E-state index contributed by atoms with van der Waals surface area (Å²) in [6.07, 6.45) is 2.64. The Morgan fingerprint density at radius 2 is 1.96 bits per heavy atom. The van der Waals surface area contributed by atoms with Gasteiger partial charge < -0.3 is 14.2 Å². The van der Waals surface area contributed by atoms with Crippen molar-refractivity contribution in [3.05, 3.63) is 40.9 Å². The molecule has 3 fully saturated rings. The number of benzene rings is 1. The third-order valence-electron chi connectivity index (χ3n) is 5.13. The number of imide groups is 1. The maximum atomic E-state index is 13.1. The summed E-state index contributed by atoms with van der Waals surface area (Å²) in [7, 11) is 0. The molecule has 1 aromatic rings. The topological polar surface area (TPSA) is 65.1 Å². The molecule has 0 aromatic heterocycles. The van der Waals surface area contributed by atoms with Crippen LogP contribution in [0.1, 0.15) is 0 Å². The van der Waals surface area contributed by atoms with Gasteiger partial charge in [0.25, 0.3) is 0 Å². The van der Waals surface area contributed by atoms with Gasteiger partial charge in [0.05, 0.1) is 36.8 Å². The fraction of sp³-hybridized carbons (Fsp3) is 0.412. The SMILES string of the molecule is O=C1[C@H]2[C@@H](C(=O)N1c1cccc(Br)c1)[C@@]1(C3OCCO3)C=C[C@H]2O1. The maximum absolute atomic E-state index is 13.1. The van der Waals surface area contributed by atoms with Crippen molar-refractivity contribution >= 4 is 33.4 Å². The monoisotopic (exact) mass is 391 g/mol. The van der Waals surface area contributed by atoms with E-state index in [4.69, 9.17) is 14.2 Å². The molecular weight excluding hydrogens is 378 g/mol. The zero-order valence-electron chi connectivity index (χ0n) is 12.6. The standard InChI is InChI=1S/C17H14BrNO5/c18-9-2-1-3-10(8-9)19-14(20)12-11-4-5-17(24-11,13(12)15(19)21)16-22-6-7-23-16/h1-5,8,11-13,16H,6-7H2/t11-,12-,13+,17-/m1/s1. The molecule has 0 aliphatic carbocycles. The molecule has 3 saturated heterocycles. The molecule has 124 valence electrons. The van der Waals surface area contributed by atoms with E-state index in [0.29, 0.717) is 18.9 Å². The lowest BCUT2D eigenvalue weighted by molar-refractivity contribution is -0.180. The van der Waals surface area contributed by atoms with Crippen molar-refractivity contribution in [1.82, 2.24) is 0 Å². The normalized spacial score (nSPS) is 37.7. The summed E-state index contributed by atoms with van der Waals surface area (Å²) in [5.74, 6) is -1.61. The van der Waals surface area contributed by atoms with Crippen molar-refractivity contribution in [1.29, 1.82) is 0 Å². The van der Waals surface area contributed by atoms with Crippen molar-refractivity contribution < 1.29 is 23.8 Å². The van der Waals surface area contributed by atoms with Crippen LogP contribution >= 0.6 is 15.9 Å². The van der Waals surface area contributed by atoms with Crippen LogP contribution in [0.25, 0.3) is 0 Å². The first-order valence-corrected chi connectivity index (χ1v) is 8.65. The summed E-state index contributed by atoms with van der Waals surface area (Å²) < 4.78 is 18.1. The first-order chi connectivity index (χ1) is 11.6. The van der Waals surface area contributed by atoms with Crippen LogP contribution in [-0.4, -0.2) is 43.0 Å². The highest BCUT2D eigenvalue weighted by atomic mass is 79.9. The van der Waals surface area contributed by atoms with E-state index in [9.17, 15) is 9.59 Å². The number of carbonyl (C=O) groups is 2. The molecule has 24 heavy (non-hydrogen) atoms. The quantitative estimate of drug-likeness (QED) is 0.566. The number of rotatable bonds is 2. The number of amides is 2. The van der Waals surface area contributed by atoms with Crippen LogP contribution in [-0.2, 0) is 23.8 Å². The van der Waals surface area contributed by atoms with Gasteiger partial charge in [0.15, 0.2) is 11.9 Å². The Bertz CT molecular complexity index is 774. The van der Waals surface area contributed by atoms with Crippen LogP contribution in [0.15, 0.2) is 40.9 Å². The third-order valence-corrected chi connectivity index (χ3v) is 5.63. The summed E-state index contributed by atoms with van der Waals surface area (Å²) in [5, 5.41) is 0. The number of anilines is 1. The van der Waals surface area contributed by atoms with Gasteiger partial charge in [-0.2, -0.15) is 0 Å². The molecule has 0 spiro atoms. The van der Waals surface area contributed by atoms with E-state index in [1.807, 2.05) is 18.2 Å². The lowest BCUT2D eigenvalue weighted by atomic mass is 9.76. The minimum absolute atomic E-state index is 0.225. The van der Waals surface area contributed by atoms with Crippen molar-refractivity contribution in [3.8, 4) is 0 Å². The summed E-state index contributed by atoms with van der Waals surface area (Å²) in [4.78, 5) is 27.3. The molecule has 7 heteroatoms. The molecule has 4 heterocycles.